The molecule has 2 heteroatoms. The van der Waals surface area contributed by atoms with E-state index in [1.54, 1.807) is 0 Å². The molecule has 10 rings (SSSR count). The molecule has 0 saturated heterocycles. The Labute approximate surface area is 322 Å². The highest BCUT2D eigenvalue weighted by atomic mass is 14.6. The minimum Gasteiger partial charge on any atom is -0.402 e. The summed E-state index contributed by atoms with van der Waals surface area (Å²) in [4.78, 5) is 0. The van der Waals surface area contributed by atoms with Gasteiger partial charge in [-0.3, -0.25) is 0 Å². The number of fused-ring (bicyclic) bond motifs is 16. The lowest BCUT2D eigenvalue weighted by atomic mass is 9.69. The first kappa shape index (κ1) is 32.7. The zero-order valence-electron chi connectivity index (χ0n) is 30.8. The van der Waals surface area contributed by atoms with Crippen LogP contribution in [0.5, 0.6) is 0 Å². The molecule has 0 aliphatic heterocycles. The van der Waals surface area contributed by atoms with Gasteiger partial charge in [0.2, 0.25) is 0 Å². The molecule has 262 valence electrons. The first-order valence-corrected chi connectivity index (χ1v) is 19.1. The quantitative estimate of drug-likeness (QED) is 0.134. The van der Waals surface area contributed by atoms with E-state index >= 15 is 0 Å². The van der Waals surface area contributed by atoms with Crippen LogP contribution in [0.1, 0.15) is 41.2 Å². The van der Waals surface area contributed by atoms with Gasteiger partial charge in [-0.2, -0.15) is 0 Å². The molecule has 8 aromatic rings. The van der Waals surface area contributed by atoms with Crippen molar-refractivity contribution in [1.82, 2.24) is 0 Å². The molecule has 0 atom stereocenters. The molecule has 0 radical (unpaired) electrons. The second-order valence-electron chi connectivity index (χ2n) is 14.7. The first-order chi connectivity index (χ1) is 27.1. The van der Waals surface area contributed by atoms with E-state index in [-0.39, 0.29) is 0 Å². The van der Waals surface area contributed by atoms with Crippen LogP contribution < -0.4 is 11.5 Å². The van der Waals surface area contributed by atoms with Crippen LogP contribution in [-0.2, 0) is 5.41 Å². The second kappa shape index (κ2) is 12.9. The maximum Gasteiger partial charge on any atom is 0.0731 e. The lowest BCUT2D eigenvalue weighted by Crippen LogP contribution is -2.26. The number of hydrogen-bond donors (Lipinski definition) is 2. The normalized spacial score (nSPS) is 14.3. The van der Waals surface area contributed by atoms with Crippen molar-refractivity contribution in [3.8, 4) is 33.4 Å². The van der Waals surface area contributed by atoms with Crippen LogP contribution in [0.3, 0.4) is 0 Å². The molecule has 55 heavy (non-hydrogen) atoms. The Kier molecular flexibility index (Phi) is 7.67. The third-order valence-corrected chi connectivity index (χ3v) is 11.7. The monoisotopic (exact) mass is 704 g/mol. The van der Waals surface area contributed by atoms with Crippen LogP contribution >= 0.6 is 0 Å². The Bertz CT molecular complexity index is 2940. The maximum atomic E-state index is 6.61. The summed E-state index contributed by atoms with van der Waals surface area (Å²) >= 11 is 0. The molecule has 2 nitrogen and oxygen atoms in total. The fourth-order valence-electron chi connectivity index (χ4n) is 9.37. The number of nitrogens with two attached hydrogens (primary N) is 2. The number of benzene rings is 8. The Morgan fingerprint density at radius 3 is 1.93 bits per heavy atom. The predicted octanol–water partition coefficient (Wildman–Crippen LogP) is 12.8. The van der Waals surface area contributed by atoms with E-state index in [4.69, 9.17) is 11.5 Å². The number of allylic oxidation sites excluding steroid dienone is 6. The molecule has 0 unspecified atom stereocenters. The van der Waals surface area contributed by atoms with Gasteiger partial charge >= 0.3 is 0 Å². The van der Waals surface area contributed by atoms with Gasteiger partial charge in [-0.05, 0) is 137 Å². The predicted molar refractivity (Wildman–Crippen MR) is 234 cm³/mol. The van der Waals surface area contributed by atoms with Gasteiger partial charge in [0.1, 0.15) is 0 Å². The van der Waals surface area contributed by atoms with Gasteiger partial charge in [0.25, 0.3) is 0 Å². The molecular weight excluding hydrogens is 665 g/mol. The Morgan fingerprint density at radius 1 is 0.527 bits per heavy atom. The highest BCUT2D eigenvalue weighted by molar-refractivity contribution is 6.20. The van der Waals surface area contributed by atoms with E-state index in [1.165, 1.54) is 76.8 Å². The van der Waals surface area contributed by atoms with Gasteiger partial charge in [0, 0.05) is 17.8 Å². The molecular formula is C53H40N2. The summed E-state index contributed by atoms with van der Waals surface area (Å²) in [6.45, 7) is 1.98. The van der Waals surface area contributed by atoms with Crippen LogP contribution in [0.25, 0.3) is 71.4 Å². The van der Waals surface area contributed by atoms with Gasteiger partial charge < -0.3 is 11.5 Å². The van der Waals surface area contributed by atoms with E-state index in [9.17, 15) is 0 Å². The molecule has 0 bridgehead atoms. The smallest absolute Gasteiger partial charge is 0.0731 e. The molecule has 0 fully saturated rings. The van der Waals surface area contributed by atoms with Crippen LogP contribution in [0.15, 0.2) is 194 Å². The zero-order chi connectivity index (χ0) is 37.1. The highest BCUT2D eigenvalue weighted by Gasteiger charge is 2.53. The van der Waals surface area contributed by atoms with Crippen LogP contribution in [0, 0.1) is 0 Å². The van der Waals surface area contributed by atoms with E-state index in [2.05, 4.69) is 152 Å². The van der Waals surface area contributed by atoms with Crippen molar-refractivity contribution in [2.75, 3.05) is 0 Å². The van der Waals surface area contributed by atoms with Gasteiger partial charge in [-0.15, -0.1) is 0 Å². The summed E-state index contributed by atoms with van der Waals surface area (Å²) in [6, 6.07) is 56.5. The summed E-state index contributed by atoms with van der Waals surface area (Å²) in [7, 11) is 0. The van der Waals surface area contributed by atoms with E-state index < -0.39 is 5.41 Å². The van der Waals surface area contributed by atoms with Gasteiger partial charge in [-0.25, -0.2) is 0 Å². The Balaban J connectivity index is 1.17. The number of rotatable bonds is 6. The second-order valence-corrected chi connectivity index (χ2v) is 14.7. The lowest BCUT2D eigenvalue weighted by Gasteiger charge is -2.32. The molecule has 2 aliphatic rings. The third kappa shape index (κ3) is 4.95. The van der Waals surface area contributed by atoms with Gasteiger partial charge in [-0.1, -0.05) is 152 Å². The van der Waals surface area contributed by atoms with E-state index in [1.807, 2.05) is 43.4 Å². The summed E-state index contributed by atoms with van der Waals surface area (Å²) in [6.07, 6.45) is 12.5. The third-order valence-electron chi connectivity index (χ3n) is 11.7. The average molecular weight is 705 g/mol. The topological polar surface area (TPSA) is 52.0 Å². The van der Waals surface area contributed by atoms with Crippen LogP contribution in [-0.4, -0.2) is 0 Å². The summed E-state index contributed by atoms with van der Waals surface area (Å²) in [5, 5.41) is 7.66. The van der Waals surface area contributed by atoms with Gasteiger partial charge in [0.15, 0.2) is 0 Å². The summed E-state index contributed by atoms with van der Waals surface area (Å²) < 4.78 is 0. The lowest BCUT2D eigenvalue weighted by molar-refractivity contribution is 0.803. The SMILES string of the molecule is C/C=C\C=C(/N)C/C=C\C=C(/N)c1cccc(-c2ccc3cc4c(cc3c2)C2(c3ccccc3-c3ccccc32)c2c-4c3ccccc3c3ccccc23)c1. The Morgan fingerprint density at radius 2 is 1.18 bits per heavy atom. The van der Waals surface area contributed by atoms with E-state index in [0.29, 0.717) is 12.1 Å². The van der Waals surface area contributed by atoms with Crippen LogP contribution in [0.4, 0.5) is 0 Å². The molecule has 0 heterocycles. The first-order valence-electron chi connectivity index (χ1n) is 19.1. The molecule has 0 amide bonds. The van der Waals surface area contributed by atoms with Crippen molar-refractivity contribution in [1.29, 1.82) is 0 Å². The fraction of sp³-hybridized carbons (Fsp3) is 0.0566. The standard InChI is InChI=1S/C53H40N2/c1-2-3-17-39(54)18-4-13-27-50(55)37-16-14-15-34(30-37)35-28-29-36-32-46-49(33-38(36)31-35)53(47-25-11-9-21-42(47)43-22-10-12-26-48(43)53)52-45-24-8-6-20-41(45)40-19-5-7-23-44(40)51(46)52/h2-17,19-33H,18,54-55H2,1H3/b3-2-,13-4-,39-17-,50-27-. The Hall–Kier alpha value is -6.90. The number of hydrogen-bond acceptors (Lipinski definition) is 2. The average Bonchev–Trinajstić information content (AvgIpc) is 3.70. The van der Waals surface area contributed by atoms with Crippen molar-refractivity contribution < 1.29 is 0 Å². The maximum absolute atomic E-state index is 6.61. The largest absolute Gasteiger partial charge is 0.402 e. The van der Waals surface area contributed by atoms with Crippen molar-refractivity contribution in [3.05, 3.63) is 222 Å². The highest BCUT2D eigenvalue weighted by Crippen LogP contribution is 2.65. The molecule has 1 spiro atoms. The zero-order valence-corrected chi connectivity index (χ0v) is 30.8. The van der Waals surface area contributed by atoms with Crippen molar-refractivity contribution in [2.24, 2.45) is 11.5 Å². The molecule has 8 aromatic carbocycles. The van der Waals surface area contributed by atoms with Gasteiger partial charge in [0.05, 0.1) is 5.41 Å². The van der Waals surface area contributed by atoms with Crippen LogP contribution in [0.2, 0.25) is 0 Å². The molecule has 0 saturated carbocycles. The fourth-order valence-corrected chi connectivity index (χ4v) is 9.37. The van der Waals surface area contributed by atoms with Crippen molar-refractivity contribution in [3.63, 3.8) is 0 Å². The minimum atomic E-state index is -0.467. The molecule has 4 N–H and O–H groups in total. The van der Waals surface area contributed by atoms with Crippen molar-refractivity contribution in [2.45, 2.75) is 18.8 Å². The minimum absolute atomic E-state index is 0.467. The molecule has 0 aromatic heterocycles. The van der Waals surface area contributed by atoms with E-state index in [0.717, 1.165) is 22.4 Å². The summed E-state index contributed by atoms with van der Waals surface area (Å²) in [5.74, 6) is 0. The molecule has 2 aliphatic carbocycles. The van der Waals surface area contributed by atoms with Crippen molar-refractivity contribution >= 4 is 38.0 Å². The summed E-state index contributed by atoms with van der Waals surface area (Å²) in [5.41, 5.74) is 27.8.